The smallest absolute Gasteiger partial charge is 0.254 e. The summed E-state index contributed by atoms with van der Waals surface area (Å²) in [5, 5.41) is 0. The molecule has 2 aliphatic heterocycles. The molecule has 2 amide bonds. The summed E-state index contributed by atoms with van der Waals surface area (Å²) >= 11 is 0. The van der Waals surface area contributed by atoms with Gasteiger partial charge >= 0.3 is 0 Å². The number of amides is 2. The summed E-state index contributed by atoms with van der Waals surface area (Å²) in [6.07, 6.45) is 11.4. The number of hydrogen-bond donors (Lipinski definition) is 0. The lowest BCUT2D eigenvalue weighted by atomic mass is 9.84. The second kappa shape index (κ2) is 8.45. The van der Waals surface area contributed by atoms with Gasteiger partial charge in [-0.2, -0.15) is 0 Å². The lowest BCUT2D eigenvalue weighted by Crippen LogP contribution is -2.51. The SMILES string of the molecule is O=C(C1CC2CCCCC2N1C(=O)c1ccccc1)N1CCCCCCC1. The Hall–Kier alpha value is -1.84. The predicted molar refractivity (Wildman–Crippen MR) is 106 cm³/mol. The quantitative estimate of drug-likeness (QED) is 0.783. The number of fused-ring (bicyclic) bond motifs is 1. The van der Waals surface area contributed by atoms with E-state index < -0.39 is 0 Å². The molecule has 3 aliphatic rings. The Labute approximate surface area is 162 Å². The van der Waals surface area contributed by atoms with Crippen LogP contribution in [0.1, 0.15) is 74.6 Å². The number of likely N-dealkylation sites (tertiary alicyclic amines) is 2. The molecular weight excluding hydrogens is 336 g/mol. The minimum absolute atomic E-state index is 0.0513. The van der Waals surface area contributed by atoms with E-state index in [1.807, 2.05) is 35.2 Å². The molecule has 4 heteroatoms. The first kappa shape index (κ1) is 18.5. The maximum atomic E-state index is 13.5. The molecule has 27 heavy (non-hydrogen) atoms. The summed E-state index contributed by atoms with van der Waals surface area (Å²) in [5.41, 5.74) is 0.717. The van der Waals surface area contributed by atoms with Gasteiger partial charge in [0.25, 0.3) is 5.91 Å². The molecule has 0 spiro atoms. The molecule has 4 rings (SSSR count). The topological polar surface area (TPSA) is 40.6 Å². The van der Waals surface area contributed by atoms with Crippen LogP contribution in [0.25, 0.3) is 0 Å². The Bertz CT molecular complexity index is 652. The minimum atomic E-state index is -0.259. The first-order chi connectivity index (χ1) is 13.3. The van der Waals surface area contributed by atoms with Gasteiger partial charge in [-0.3, -0.25) is 9.59 Å². The van der Waals surface area contributed by atoms with Gasteiger partial charge < -0.3 is 9.80 Å². The van der Waals surface area contributed by atoms with E-state index in [2.05, 4.69) is 4.90 Å². The second-order valence-electron chi connectivity index (χ2n) is 8.53. The van der Waals surface area contributed by atoms with Crippen molar-refractivity contribution in [2.75, 3.05) is 13.1 Å². The highest BCUT2D eigenvalue weighted by atomic mass is 16.2. The highest BCUT2D eigenvalue weighted by Crippen LogP contribution is 2.41. The van der Waals surface area contributed by atoms with Crippen LogP contribution in [0.3, 0.4) is 0 Å². The van der Waals surface area contributed by atoms with Crippen molar-refractivity contribution in [1.82, 2.24) is 9.80 Å². The van der Waals surface area contributed by atoms with Crippen LogP contribution in [-0.4, -0.2) is 46.8 Å². The molecule has 146 valence electrons. The van der Waals surface area contributed by atoms with E-state index in [0.29, 0.717) is 11.5 Å². The number of carbonyl (C=O) groups is 2. The van der Waals surface area contributed by atoms with Crippen LogP contribution >= 0.6 is 0 Å². The highest BCUT2D eigenvalue weighted by Gasteiger charge is 2.48. The van der Waals surface area contributed by atoms with E-state index in [4.69, 9.17) is 0 Å². The number of rotatable bonds is 2. The normalized spacial score (nSPS) is 29.0. The van der Waals surface area contributed by atoms with E-state index >= 15 is 0 Å². The fraction of sp³-hybridized carbons (Fsp3) is 0.652. The minimum Gasteiger partial charge on any atom is -0.341 e. The van der Waals surface area contributed by atoms with Crippen molar-refractivity contribution in [3.63, 3.8) is 0 Å². The molecule has 3 unspecified atom stereocenters. The summed E-state index contributed by atoms with van der Waals surface area (Å²) in [6.45, 7) is 1.72. The number of carbonyl (C=O) groups excluding carboxylic acids is 2. The maximum Gasteiger partial charge on any atom is 0.254 e. The zero-order valence-corrected chi connectivity index (χ0v) is 16.3. The van der Waals surface area contributed by atoms with Gasteiger partial charge in [-0.1, -0.05) is 50.3 Å². The van der Waals surface area contributed by atoms with E-state index in [1.165, 1.54) is 32.1 Å². The fourth-order valence-electron chi connectivity index (χ4n) is 5.38. The third-order valence-corrected chi connectivity index (χ3v) is 6.80. The van der Waals surface area contributed by atoms with Crippen molar-refractivity contribution in [1.29, 1.82) is 0 Å². The maximum absolute atomic E-state index is 13.5. The molecule has 4 nitrogen and oxygen atoms in total. The monoisotopic (exact) mass is 368 g/mol. The van der Waals surface area contributed by atoms with Gasteiger partial charge in [0.2, 0.25) is 5.91 Å². The van der Waals surface area contributed by atoms with E-state index in [9.17, 15) is 9.59 Å². The molecule has 2 saturated heterocycles. The van der Waals surface area contributed by atoms with Gasteiger partial charge in [-0.25, -0.2) is 0 Å². The lowest BCUT2D eigenvalue weighted by molar-refractivity contribution is -0.136. The van der Waals surface area contributed by atoms with E-state index in [0.717, 1.165) is 45.2 Å². The summed E-state index contributed by atoms with van der Waals surface area (Å²) in [6, 6.07) is 9.52. The Kier molecular flexibility index (Phi) is 5.80. The number of benzene rings is 1. The standard InChI is InChI=1S/C23H32N2O2/c26-22(18-11-5-4-6-12-18)25-20-14-8-7-13-19(20)17-21(25)23(27)24-15-9-2-1-3-10-16-24/h4-6,11-12,19-21H,1-3,7-10,13-17H2. The first-order valence-electron chi connectivity index (χ1n) is 10.9. The molecule has 0 N–H and O–H groups in total. The molecule has 1 saturated carbocycles. The van der Waals surface area contributed by atoms with Crippen LogP contribution in [0, 0.1) is 5.92 Å². The Morgan fingerprint density at radius 3 is 2.22 bits per heavy atom. The van der Waals surface area contributed by atoms with E-state index in [-0.39, 0.29) is 23.9 Å². The predicted octanol–water partition coefficient (Wildman–Crippen LogP) is 4.25. The Balaban J connectivity index is 1.58. The van der Waals surface area contributed by atoms with Crippen LogP contribution < -0.4 is 0 Å². The van der Waals surface area contributed by atoms with Crippen LogP contribution in [0.4, 0.5) is 0 Å². The Morgan fingerprint density at radius 2 is 1.48 bits per heavy atom. The highest BCUT2D eigenvalue weighted by molar-refractivity contribution is 5.98. The van der Waals surface area contributed by atoms with Crippen molar-refractivity contribution < 1.29 is 9.59 Å². The molecule has 0 radical (unpaired) electrons. The van der Waals surface area contributed by atoms with Crippen LogP contribution in [0.2, 0.25) is 0 Å². The molecular formula is C23H32N2O2. The van der Waals surface area contributed by atoms with Crippen molar-refractivity contribution in [3.05, 3.63) is 35.9 Å². The molecule has 1 aliphatic carbocycles. The fourth-order valence-corrected chi connectivity index (χ4v) is 5.38. The molecule has 0 aromatic heterocycles. The second-order valence-corrected chi connectivity index (χ2v) is 8.53. The van der Waals surface area contributed by atoms with Gasteiger partial charge in [0, 0.05) is 24.7 Å². The number of nitrogens with zero attached hydrogens (tertiary/aromatic N) is 2. The van der Waals surface area contributed by atoms with Crippen LogP contribution in [-0.2, 0) is 4.79 Å². The zero-order valence-electron chi connectivity index (χ0n) is 16.3. The molecule has 3 fully saturated rings. The molecule has 0 bridgehead atoms. The van der Waals surface area contributed by atoms with Crippen molar-refractivity contribution in [2.24, 2.45) is 5.92 Å². The van der Waals surface area contributed by atoms with Gasteiger partial charge in [-0.05, 0) is 50.2 Å². The molecule has 1 aromatic rings. The zero-order chi connectivity index (χ0) is 18.6. The summed E-state index contributed by atoms with van der Waals surface area (Å²) < 4.78 is 0. The van der Waals surface area contributed by atoms with Crippen molar-refractivity contribution in [2.45, 2.75) is 76.3 Å². The van der Waals surface area contributed by atoms with Crippen molar-refractivity contribution in [3.8, 4) is 0 Å². The molecule has 2 heterocycles. The number of hydrogen-bond acceptors (Lipinski definition) is 2. The largest absolute Gasteiger partial charge is 0.341 e. The van der Waals surface area contributed by atoms with Gasteiger partial charge in [0.05, 0.1) is 0 Å². The van der Waals surface area contributed by atoms with Crippen LogP contribution in [0.15, 0.2) is 30.3 Å². The Morgan fingerprint density at radius 1 is 0.815 bits per heavy atom. The molecule has 3 atom stereocenters. The first-order valence-corrected chi connectivity index (χ1v) is 10.9. The van der Waals surface area contributed by atoms with Gasteiger partial charge in [-0.15, -0.1) is 0 Å². The van der Waals surface area contributed by atoms with Crippen molar-refractivity contribution >= 4 is 11.8 Å². The third kappa shape index (κ3) is 3.90. The summed E-state index contributed by atoms with van der Waals surface area (Å²) in [7, 11) is 0. The average molecular weight is 369 g/mol. The summed E-state index contributed by atoms with van der Waals surface area (Å²) in [5.74, 6) is 0.751. The average Bonchev–Trinajstić information content (AvgIpc) is 3.07. The van der Waals surface area contributed by atoms with E-state index in [1.54, 1.807) is 0 Å². The summed E-state index contributed by atoms with van der Waals surface area (Å²) in [4.78, 5) is 30.9. The third-order valence-electron chi connectivity index (χ3n) is 6.80. The molecule has 1 aromatic carbocycles. The van der Waals surface area contributed by atoms with Crippen LogP contribution in [0.5, 0.6) is 0 Å². The van der Waals surface area contributed by atoms with Gasteiger partial charge in [0.15, 0.2) is 0 Å². The lowest BCUT2D eigenvalue weighted by Gasteiger charge is -2.35. The van der Waals surface area contributed by atoms with Gasteiger partial charge in [0.1, 0.15) is 6.04 Å².